The molecule has 7 aromatic carbocycles. The minimum Gasteiger partial charge on any atom is -0.307 e. The van der Waals surface area contributed by atoms with E-state index in [0.29, 0.717) is 16.8 Å². The molecule has 0 saturated carbocycles. The van der Waals surface area contributed by atoms with Gasteiger partial charge in [0.15, 0.2) is 0 Å². The van der Waals surface area contributed by atoms with Crippen molar-refractivity contribution in [2.75, 3.05) is 0 Å². The third-order valence-corrected chi connectivity index (χ3v) is 12.2. The predicted molar refractivity (Wildman–Crippen MR) is 238 cm³/mol. The molecule has 5 nitrogen and oxygen atoms in total. The molecule has 0 spiro atoms. The lowest BCUT2D eigenvalue weighted by molar-refractivity contribution is 0.963. The normalized spacial score (nSPS) is 12.5. The zero-order valence-electron chi connectivity index (χ0n) is 32.5. The minimum atomic E-state index is 0.434. The molecule has 58 heavy (non-hydrogen) atoms. The Balaban J connectivity index is 1.47. The third kappa shape index (κ3) is 4.68. The SMILES string of the molecule is Cc1ccc(-c2c(-n3c4c(c5ccccc53)CCC=C4)c(C#N)c(-n3c4ccc(C)cc4c4cc(C)ccc43)c(C#N)c2-n2c3ccccc3c3ccccc32)cc1. The van der Waals surface area contributed by atoms with Crippen molar-refractivity contribution in [2.45, 2.75) is 33.6 Å². The van der Waals surface area contributed by atoms with Crippen molar-refractivity contribution in [1.82, 2.24) is 13.7 Å². The molecule has 274 valence electrons. The zero-order chi connectivity index (χ0) is 39.2. The number of hydrogen-bond donors (Lipinski definition) is 0. The lowest BCUT2D eigenvalue weighted by atomic mass is 9.91. The first-order chi connectivity index (χ1) is 28.5. The Morgan fingerprint density at radius 2 is 0.931 bits per heavy atom. The average molecular weight is 744 g/mol. The molecule has 0 bridgehead atoms. The number of hydrogen-bond acceptors (Lipinski definition) is 2. The first kappa shape index (κ1) is 33.7. The van der Waals surface area contributed by atoms with Gasteiger partial charge in [-0.1, -0.05) is 114 Å². The fraction of sp³-hybridized carbons (Fsp3) is 0.0943. The minimum absolute atomic E-state index is 0.434. The number of aryl methyl sites for hydroxylation is 4. The summed E-state index contributed by atoms with van der Waals surface area (Å²) < 4.78 is 6.79. The van der Waals surface area contributed by atoms with Crippen LogP contribution >= 0.6 is 0 Å². The number of aromatic nitrogens is 3. The maximum atomic E-state index is 11.9. The van der Waals surface area contributed by atoms with E-state index in [1.165, 1.54) is 10.9 Å². The van der Waals surface area contributed by atoms with Gasteiger partial charge in [0.05, 0.1) is 44.6 Å². The molecule has 3 heterocycles. The molecule has 0 fully saturated rings. The Morgan fingerprint density at radius 3 is 1.50 bits per heavy atom. The Kier molecular flexibility index (Phi) is 7.39. The van der Waals surface area contributed by atoms with Crippen LogP contribution in [0.15, 0.2) is 140 Å². The van der Waals surface area contributed by atoms with E-state index in [1.54, 1.807) is 0 Å². The van der Waals surface area contributed by atoms with Crippen LogP contribution in [0.3, 0.4) is 0 Å². The lowest BCUT2D eigenvalue weighted by Crippen LogP contribution is -2.14. The van der Waals surface area contributed by atoms with Crippen molar-refractivity contribution in [1.29, 1.82) is 10.5 Å². The van der Waals surface area contributed by atoms with Gasteiger partial charge in [0.25, 0.3) is 0 Å². The molecule has 11 rings (SSSR count). The van der Waals surface area contributed by atoms with Crippen LogP contribution in [0.1, 0.15) is 45.5 Å². The number of allylic oxidation sites excluding steroid dienone is 1. The topological polar surface area (TPSA) is 62.4 Å². The summed E-state index contributed by atoms with van der Waals surface area (Å²) >= 11 is 0. The smallest absolute Gasteiger partial charge is 0.104 e. The summed E-state index contributed by atoms with van der Waals surface area (Å²) in [6.45, 7) is 6.32. The number of rotatable bonds is 4. The maximum absolute atomic E-state index is 11.9. The van der Waals surface area contributed by atoms with Gasteiger partial charge < -0.3 is 13.7 Å². The van der Waals surface area contributed by atoms with Gasteiger partial charge in [-0.15, -0.1) is 0 Å². The van der Waals surface area contributed by atoms with Gasteiger partial charge in [-0.25, -0.2) is 0 Å². The van der Waals surface area contributed by atoms with Crippen molar-refractivity contribution < 1.29 is 0 Å². The monoisotopic (exact) mass is 743 g/mol. The Morgan fingerprint density at radius 1 is 0.466 bits per heavy atom. The highest BCUT2D eigenvalue weighted by Crippen LogP contribution is 2.49. The number of nitrogens with zero attached hydrogens (tertiary/aromatic N) is 5. The molecule has 0 saturated heterocycles. The molecule has 0 aliphatic heterocycles. The second-order valence-electron chi connectivity index (χ2n) is 15.7. The van der Waals surface area contributed by atoms with Gasteiger partial charge in [0.1, 0.15) is 23.3 Å². The van der Waals surface area contributed by atoms with Crippen LogP contribution in [0.4, 0.5) is 0 Å². The van der Waals surface area contributed by atoms with Crippen LogP contribution in [0, 0.1) is 43.4 Å². The summed E-state index contributed by atoms with van der Waals surface area (Å²) in [6.07, 6.45) is 6.31. The van der Waals surface area contributed by atoms with Gasteiger partial charge in [-0.05, 0) is 93.3 Å². The Labute approximate surface area is 336 Å². The van der Waals surface area contributed by atoms with Gasteiger partial charge >= 0.3 is 0 Å². The van der Waals surface area contributed by atoms with Crippen molar-refractivity contribution in [3.8, 4) is 40.3 Å². The summed E-state index contributed by atoms with van der Waals surface area (Å²) in [5.74, 6) is 0. The Hall–Kier alpha value is -7.60. The quantitative estimate of drug-likeness (QED) is 0.180. The summed E-state index contributed by atoms with van der Waals surface area (Å²) in [7, 11) is 0. The van der Waals surface area contributed by atoms with Crippen LogP contribution in [0.5, 0.6) is 0 Å². The van der Waals surface area contributed by atoms with E-state index in [1.807, 2.05) is 0 Å². The molecule has 0 radical (unpaired) electrons. The standard InChI is InChI=1S/C53H37N5/c1-32-20-24-35(25-21-32)50-52(57-44-16-8-4-12-36(44)37-13-5-9-17-45(37)57)42(30-54)51(56-48-26-22-33(2)28-40(48)41-29-34(3)23-27-49(41)56)43(31-55)53(50)58-46-18-10-6-14-38(46)39-15-7-11-19-47(39)58/h4-6,8-14,16-29H,7,15H2,1-3H3. The molecular formula is C53H37N5. The van der Waals surface area contributed by atoms with E-state index in [9.17, 15) is 10.5 Å². The first-order valence-corrected chi connectivity index (χ1v) is 19.9. The fourth-order valence-electron chi connectivity index (χ4n) is 9.67. The van der Waals surface area contributed by atoms with Gasteiger partial charge in [0, 0.05) is 38.2 Å². The molecule has 1 aliphatic carbocycles. The summed E-state index contributed by atoms with van der Waals surface area (Å²) in [4.78, 5) is 0. The summed E-state index contributed by atoms with van der Waals surface area (Å²) in [6, 6.07) is 52.6. The average Bonchev–Trinajstić information content (AvgIpc) is 3.88. The number of fused-ring (bicyclic) bond motifs is 9. The molecule has 10 aromatic rings. The number of para-hydroxylation sites is 3. The van der Waals surface area contributed by atoms with Crippen LogP contribution in [0.25, 0.3) is 88.8 Å². The Bertz CT molecular complexity index is 3380. The fourth-order valence-corrected chi connectivity index (χ4v) is 9.67. The lowest BCUT2D eigenvalue weighted by Gasteiger charge is -2.26. The molecular weight excluding hydrogens is 707 g/mol. The summed E-state index contributed by atoms with van der Waals surface area (Å²) in [5.41, 5.74) is 15.4. The first-order valence-electron chi connectivity index (χ1n) is 19.9. The van der Waals surface area contributed by atoms with Crippen molar-refractivity contribution in [3.63, 3.8) is 0 Å². The van der Waals surface area contributed by atoms with Crippen LogP contribution in [-0.4, -0.2) is 13.7 Å². The largest absolute Gasteiger partial charge is 0.307 e. The second-order valence-corrected chi connectivity index (χ2v) is 15.7. The van der Waals surface area contributed by atoms with E-state index in [2.05, 4.69) is 192 Å². The molecule has 1 aliphatic rings. The van der Waals surface area contributed by atoms with Gasteiger partial charge in [-0.3, -0.25) is 0 Å². The van der Waals surface area contributed by atoms with Crippen LogP contribution < -0.4 is 0 Å². The van der Waals surface area contributed by atoms with E-state index < -0.39 is 0 Å². The number of benzene rings is 7. The predicted octanol–water partition coefficient (Wildman–Crippen LogP) is 13.1. The second kappa shape index (κ2) is 12.7. The highest BCUT2D eigenvalue weighted by Gasteiger charge is 2.33. The number of nitriles is 2. The van der Waals surface area contributed by atoms with Crippen LogP contribution in [-0.2, 0) is 6.42 Å². The third-order valence-electron chi connectivity index (χ3n) is 12.2. The zero-order valence-corrected chi connectivity index (χ0v) is 32.5. The molecule has 0 amide bonds. The highest BCUT2D eigenvalue weighted by molar-refractivity contribution is 6.13. The van der Waals surface area contributed by atoms with E-state index in [4.69, 9.17) is 0 Å². The maximum Gasteiger partial charge on any atom is 0.104 e. The van der Waals surface area contributed by atoms with Crippen molar-refractivity contribution in [3.05, 3.63) is 179 Å². The van der Waals surface area contributed by atoms with E-state index >= 15 is 0 Å². The summed E-state index contributed by atoms with van der Waals surface area (Å²) in [5, 5.41) is 29.3. The van der Waals surface area contributed by atoms with Gasteiger partial charge in [-0.2, -0.15) is 10.5 Å². The van der Waals surface area contributed by atoms with Crippen molar-refractivity contribution >= 4 is 60.6 Å². The van der Waals surface area contributed by atoms with Crippen LogP contribution in [0.2, 0.25) is 0 Å². The molecule has 0 unspecified atom stereocenters. The highest BCUT2D eigenvalue weighted by atomic mass is 15.1. The molecule has 5 heteroatoms. The van der Waals surface area contributed by atoms with Gasteiger partial charge in [0.2, 0.25) is 0 Å². The molecule has 3 aromatic heterocycles. The van der Waals surface area contributed by atoms with E-state index in [0.717, 1.165) is 107 Å². The molecule has 0 N–H and O–H groups in total. The van der Waals surface area contributed by atoms with Crippen molar-refractivity contribution in [2.24, 2.45) is 0 Å². The molecule has 0 atom stereocenters. The van der Waals surface area contributed by atoms with E-state index in [-0.39, 0.29) is 0 Å².